The van der Waals surface area contributed by atoms with Crippen molar-refractivity contribution in [2.75, 3.05) is 6.61 Å². The van der Waals surface area contributed by atoms with Crippen molar-refractivity contribution in [3.8, 4) is 0 Å². The maximum atomic E-state index is 13.2. The number of esters is 1. The van der Waals surface area contributed by atoms with E-state index in [0.717, 1.165) is 77.0 Å². The van der Waals surface area contributed by atoms with Crippen molar-refractivity contribution in [3.63, 3.8) is 0 Å². The Balaban J connectivity index is 4.47. The number of aliphatic hydroxyl groups is 2. The van der Waals surface area contributed by atoms with Crippen LogP contribution >= 0.6 is 0 Å². The van der Waals surface area contributed by atoms with E-state index in [1.807, 2.05) is 0 Å². The molecule has 0 aromatic rings. The zero-order valence-electron chi connectivity index (χ0n) is 38.7. The number of hydrogen-bond acceptors (Lipinski definition) is 5. The summed E-state index contributed by atoms with van der Waals surface area (Å²) in [5.41, 5.74) is 0. The molecule has 0 bridgehead atoms. The highest BCUT2D eigenvalue weighted by molar-refractivity contribution is 5.77. The number of unbranched alkanes of at least 4 members (excludes halogenated alkanes) is 29. The number of nitrogens with one attached hydrogen (secondary N) is 1. The molecule has 3 unspecified atom stereocenters. The molecule has 0 aromatic heterocycles. The number of carbonyl (C=O) groups is 2. The maximum Gasteiger partial charge on any atom is 0.306 e. The average molecular weight is 816 g/mol. The van der Waals surface area contributed by atoms with Crippen LogP contribution in [-0.4, -0.2) is 46.9 Å². The second-order valence-corrected chi connectivity index (χ2v) is 17.3. The molecular weight excluding hydrogens is 719 g/mol. The lowest BCUT2D eigenvalue weighted by atomic mass is 10.0. The highest BCUT2D eigenvalue weighted by Gasteiger charge is 2.24. The quantitative estimate of drug-likeness (QED) is 0.0323. The lowest BCUT2D eigenvalue weighted by Crippen LogP contribution is -2.46. The van der Waals surface area contributed by atoms with Crippen LogP contribution < -0.4 is 5.32 Å². The van der Waals surface area contributed by atoms with Gasteiger partial charge in [-0.05, 0) is 44.9 Å². The predicted molar refractivity (Wildman–Crippen MR) is 250 cm³/mol. The molecule has 0 aromatic carbocycles. The van der Waals surface area contributed by atoms with Crippen molar-refractivity contribution in [3.05, 3.63) is 36.5 Å². The van der Waals surface area contributed by atoms with Crippen LogP contribution in [0.2, 0.25) is 0 Å². The molecular formula is C52H97NO5. The second kappa shape index (κ2) is 46.2. The lowest BCUT2D eigenvalue weighted by Gasteiger charge is -2.24. The summed E-state index contributed by atoms with van der Waals surface area (Å²) in [4.78, 5) is 26.0. The lowest BCUT2D eigenvalue weighted by molar-refractivity contribution is -0.151. The topological polar surface area (TPSA) is 95.9 Å². The van der Waals surface area contributed by atoms with Crippen molar-refractivity contribution in [1.82, 2.24) is 5.32 Å². The van der Waals surface area contributed by atoms with E-state index in [0.29, 0.717) is 19.3 Å². The molecule has 0 fully saturated rings. The van der Waals surface area contributed by atoms with E-state index in [4.69, 9.17) is 4.74 Å². The predicted octanol–water partition coefficient (Wildman–Crippen LogP) is 14.9. The third kappa shape index (κ3) is 40.8. The Hall–Kier alpha value is -1.92. The summed E-state index contributed by atoms with van der Waals surface area (Å²) in [6, 6.07) is -0.704. The summed E-state index contributed by atoms with van der Waals surface area (Å²) in [5.74, 6) is -0.489. The summed E-state index contributed by atoms with van der Waals surface area (Å²) < 4.78 is 5.90. The van der Waals surface area contributed by atoms with E-state index in [2.05, 4.69) is 62.5 Å². The van der Waals surface area contributed by atoms with Crippen LogP contribution in [0.5, 0.6) is 0 Å². The number of allylic oxidation sites excluding steroid dienone is 6. The highest BCUT2D eigenvalue weighted by Crippen LogP contribution is 2.18. The number of aliphatic hydroxyl groups excluding tert-OH is 2. The fraction of sp³-hybridized carbons (Fsp3) is 0.846. The van der Waals surface area contributed by atoms with Gasteiger partial charge in [-0.3, -0.25) is 9.59 Å². The molecule has 0 spiro atoms. The molecule has 0 saturated carbocycles. The first-order valence-electron chi connectivity index (χ1n) is 25.2. The minimum absolute atomic E-state index is 0.0671. The van der Waals surface area contributed by atoms with Crippen LogP contribution in [0.1, 0.15) is 258 Å². The Morgan fingerprint density at radius 1 is 0.517 bits per heavy atom. The van der Waals surface area contributed by atoms with Gasteiger partial charge in [0.2, 0.25) is 5.91 Å². The summed E-state index contributed by atoms with van der Waals surface area (Å²) in [7, 11) is 0. The number of rotatable bonds is 45. The molecule has 0 aliphatic rings. The Kier molecular flexibility index (Phi) is 44.6. The molecule has 3 N–H and O–H groups in total. The van der Waals surface area contributed by atoms with Gasteiger partial charge in [-0.2, -0.15) is 0 Å². The van der Waals surface area contributed by atoms with Crippen LogP contribution in [-0.2, 0) is 14.3 Å². The van der Waals surface area contributed by atoms with Gasteiger partial charge in [-0.25, -0.2) is 0 Å². The van der Waals surface area contributed by atoms with Gasteiger partial charge in [0.15, 0.2) is 0 Å². The first kappa shape index (κ1) is 56.1. The van der Waals surface area contributed by atoms with Gasteiger partial charge < -0.3 is 20.3 Å². The summed E-state index contributed by atoms with van der Waals surface area (Å²) in [6.07, 6.45) is 53.5. The maximum absolute atomic E-state index is 13.2. The minimum atomic E-state index is -0.790. The van der Waals surface area contributed by atoms with Crippen LogP contribution in [0.3, 0.4) is 0 Å². The third-order valence-corrected chi connectivity index (χ3v) is 11.5. The van der Waals surface area contributed by atoms with Crippen LogP contribution in [0.4, 0.5) is 0 Å². The Bertz CT molecular complexity index is 961. The Morgan fingerprint density at radius 2 is 0.931 bits per heavy atom. The first-order valence-corrected chi connectivity index (χ1v) is 25.2. The first-order chi connectivity index (χ1) is 28.5. The molecule has 58 heavy (non-hydrogen) atoms. The zero-order valence-corrected chi connectivity index (χ0v) is 38.7. The zero-order chi connectivity index (χ0) is 42.4. The molecule has 0 rings (SSSR count). The van der Waals surface area contributed by atoms with Crippen molar-refractivity contribution in [1.29, 1.82) is 0 Å². The van der Waals surface area contributed by atoms with Crippen molar-refractivity contribution >= 4 is 11.9 Å². The van der Waals surface area contributed by atoms with Gasteiger partial charge in [-0.1, -0.05) is 237 Å². The van der Waals surface area contributed by atoms with Crippen LogP contribution in [0.25, 0.3) is 0 Å². The molecule has 0 saturated heterocycles. The molecule has 0 radical (unpaired) electrons. The fourth-order valence-corrected chi connectivity index (χ4v) is 7.73. The molecule has 6 heteroatoms. The van der Waals surface area contributed by atoms with Gasteiger partial charge in [0, 0.05) is 6.42 Å². The molecule has 340 valence electrons. The smallest absolute Gasteiger partial charge is 0.306 e. The highest BCUT2D eigenvalue weighted by atomic mass is 16.5. The monoisotopic (exact) mass is 816 g/mol. The molecule has 0 heterocycles. The van der Waals surface area contributed by atoms with E-state index in [1.165, 1.54) is 135 Å². The summed E-state index contributed by atoms with van der Waals surface area (Å²) >= 11 is 0. The van der Waals surface area contributed by atoms with E-state index in [1.54, 1.807) is 0 Å². The van der Waals surface area contributed by atoms with Gasteiger partial charge in [-0.15, -0.1) is 0 Å². The molecule has 0 aliphatic carbocycles. The van der Waals surface area contributed by atoms with E-state index in [9.17, 15) is 19.8 Å². The van der Waals surface area contributed by atoms with Crippen molar-refractivity contribution in [2.45, 2.75) is 277 Å². The third-order valence-electron chi connectivity index (χ3n) is 11.5. The van der Waals surface area contributed by atoms with Crippen molar-refractivity contribution in [2.24, 2.45) is 0 Å². The normalized spacial score (nSPS) is 13.5. The van der Waals surface area contributed by atoms with Crippen molar-refractivity contribution < 1.29 is 24.5 Å². The Labute approximate surface area is 360 Å². The number of hydrogen-bond donors (Lipinski definition) is 3. The van der Waals surface area contributed by atoms with Crippen LogP contribution in [0.15, 0.2) is 36.5 Å². The standard InChI is InChI=1S/C52H97NO5/c1-4-7-10-13-16-19-21-23-24-25-26-28-30-33-35-38-41-44-50(55)49(47-54)53-51(56)46-48(58-52(57)45-42-39-36-31-18-15-12-9-6-3)43-40-37-34-32-29-27-22-20-17-14-11-8-5-2/h8,11,14,17,20,22,48-50,54-55H,4-7,9-10,12-13,15-16,18-19,21,23-47H2,1-3H3,(H,53,56)/b11-8+,17-14+,22-20+. The largest absolute Gasteiger partial charge is 0.462 e. The minimum Gasteiger partial charge on any atom is -0.462 e. The van der Waals surface area contributed by atoms with E-state index >= 15 is 0 Å². The molecule has 0 aliphatic heterocycles. The molecule has 1 amide bonds. The average Bonchev–Trinajstić information content (AvgIpc) is 3.22. The van der Waals surface area contributed by atoms with E-state index < -0.39 is 18.2 Å². The summed E-state index contributed by atoms with van der Waals surface area (Å²) in [6.45, 7) is 6.34. The SMILES string of the molecule is CC/C=C/C=C/C=C/CCCCCCCC(CC(=O)NC(CO)C(O)CCCCCCCCCCCCCCCCCCC)OC(=O)CCCCCCCCCCC. The van der Waals surface area contributed by atoms with Crippen LogP contribution in [0, 0.1) is 0 Å². The molecule has 6 nitrogen and oxygen atoms in total. The second-order valence-electron chi connectivity index (χ2n) is 17.3. The number of carbonyl (C=O) groups excluding carboxylic acids is 2. The van der Waals surface area contributed by atoms with Gasteiger partial charge >= 0.3 is 5.97 Å². The van der Waals surface area contributed by atoms with E-state index in [-0.39, 0.29) is 24.9 Å². The van der Waals surface area contributed by atoms with Gasteiger partial charge in [0.05, 0.1) is 25.2 Å². The Morgan fingerprint density at radius 3 is 1.40 bits per heavy atom. The fourth-order valence-electron chi connectivity index (χ4n) is 7.73. The molecule has 3 atom stereocenters. The summed E-state index contributed by atoms with van der Waals surface area (Å²) in [5, 5.41) is 23.8. The number of ether oxygens (including phenoxy) is 1. The number of amides is 1. The van der Waals surface area contributed by atoms with Gasteiger partial charge in [0.25, 0.3) is 0 Å². The van der Waals surface area contributed by atoms with Gasteiger partial charge in [0.1, 0.15) is 6.10 Å².